The smallest absolute Gasteiger partial charge is 0.123 e. The molecule has 0 aliphatic rings. The number of hydrogen-bond acceptors (Lipinski definition) is 1. The van der Waals surface area contributed by atoms with E-state index in [0.29, 0.717) is 5.75 Å². The summed E-state index contributed by atoms with van der Waals surface area (Å²) in [5.74, 6) is 0.407. The molecule has 0 heterocycles. The molecule has 1 rings (SSSR count). The molecule has 0 atom stereocenters. The summed E-state index contributed by atoms with van der Waals surface area (Å²) in [7, 11) is 0. The number of halogens is 1. The number of rotatable bonds is 1. The van der Waals surface area contributed by atoms with E-state index in [0.717, 1.165) is 16.7 Å². The highest BCUT2D eigenvalue weighted by molar-refractivity contribution is 6.23. The fourth-order valence-electron chi connectivity index (χ4n) is 2.12. The SMILES string of the molecule is CC(C)(C)c1cc(C(C)(C)Cl)cc(C(C)(C)C)c1O. The molecule has 2 heteroatoms. The number of phenols is 1. The number of benzene rings is 1. The van der Waals surface area contributed by atoms with Crippen molar-refractivity contribution in [1.29, 1.82) is 0 Å². The van der Waals surface area contributed by atoms with Crippen molar-refractivity contribution in [2.45, 2.75) is 71.1 Å². The van der Waals surface area contributed by atoms with Gasteiger partial charge in [-0.3, -0.25) is 0 Å². The Labute approximate surface area is 123 Å². The van der Waals surface area contributed by atoms with Crippen molar-refractivity contribution in [2.75, 3.05) is 0 Å². The summed E-state index contributed by atoms with van der Waals surface area (Å²) in [5, 5.41) is 10.6. The first-order valence-electron chi connectivity index (χ1n) is 6.82. The van der Waals surface area contributed by atoms with Crippen molar-refractivity contribution in [3.8, 4) is 5.75 Å². The Bertz CT molecular complexity index is 433. The van der Waals surface area contributed by atoms with Crippen LogP contribution in [0.2, 0.25) is 0 Å². The molecule has 0 amide bonds. The molecule has 1 aromatic rings. The van der Waals surface area contributed by atoms with Crippen molar-refractivity contribution in [3.63, 3.8) is 0 Å². The van der Waals surface area contributed by atoms with Crippen LogP contribution in [0.25, 0.3) is 0 Å². The number of aromatic hydroxyl groups is 1. The molecular formula is C17H27ClO. The molecule has 0 aliphatic heterocycles. The predicted molar refractivity (Wildman–Crippen MR) is 84.4 cm³/mol. The molecule has 0 fully saturated rings. The van der Waals surface area contributed by atoms with Gasteiger partial charge in [-0.2, -0.15) is 0 Å². The van der Waals surface area contributed by atoms with Gasteiger partial charge in [0.15, 0.2) is 0 Å². The van der Waals surface area contributed by atoms with Crippen LogP contribution in [0.4, 0.5) is 0 Å². The van der Waals surface area contributed by atoms with Gasteiger partial charge in [0.25, 0.3) is 0 Å². The first kappa shape index (κ1) is 16.4. The third kappa shape index (κ3) is 3.66. The fraction of sp³-hybridized carbons (Fsp3) is 0.647. The van der Waals surface area contributed by atoms with Gasteiger partial charge in [-0.15, -0.1) is 11.6 Å². The zero-order chi connectivity index (χ0) is 15.2. The van der Waals surface area contributed by atoms with E-state index >= 15 is 0 Å². The minimum atomic E-state index is -0.437. The Morgan fingerprint density at radius 3 is 1.32 bits per heavy atom. The summed E-state index contributed by atoms with van der Waals surface area (Å²) in [5.41, 5.74) is 2.76. The molecule has 19 heavy (non-hydrogen) atoms. The van der Waals surface area contributed by atoms with Crippen molar-refractivity contribution in [1.82, 2.24) is 0 Å². The average molecular weight is 283 g/mol. The van der Waals surface area contributed by atoms with E-state index in [-0.39, 0.29) is 10.8 Å². The average Bonchev–Trinajstić information content (AvgIpc) is 2.11. The third-order valence-electron chi connectivity index (χ3n) is 3.41. The lowest BCUT2D eigenvalue weighted by atomic mass is 9.77. The predicted octanol–water partition coefficient (Wildman–Crippen LogP) is 5.46. The van der Waals surface area contributed by atoms with Crippen molar-refractivity contribution < 1.29 is 5.11 Å². The summed E-state index contributed by atoms with van der Waals surface area (Å²) >= 11 is 6.47. The second kappa shape index (κ2) is 4.70. The largest absolute Gasteiger partial charge is 0.507 e. The standard InChI is InChI=1S/C17H27ClO/c1-15(2,3)12-9-11(17(7,8)18)10-13(14(12)19)16(4,5)6/h9-10,19H,1-8H3. The van der Waals surface area contributed by atoms with Crippen LogP contribution < -0.4 is 0 Å². The van der Waals surface area contributed by atoms with E-state index in [1.807, 2.05) is 26.0 Å². The molecule has 0 aliphatic carbocycles. The van der Waals surface area contributed by atoms with Gasteiger partial charge in [0.1, 0.15) is 5.75 Å². The Balaban J connectivity index is 3.68. The molecule has 1 aromatic carbocycles. The molecule has 0 saturated heterocycles. The van der Waals surface area contributed by atoms with Crippen LogP contribution in [0.1, 0.15) is 72.1 Å². The Morgan fingerprint density at radius 2 is 1.11 bits per heavy atom. The van der Waals surface area contributed by atoms with E-state index < -0.39 is 4.87 Å². The highest BCUT2D eigenvalue weighted by atomic mass is 35.5. The van der Waals surface area contributed by atoms with E-state index in [4.69, 9.17) is 11.6 Å². The lowest BCUT2D eigenvalue weighted by Crippen LogP contribution is -2.20. The van der Waals surface area contributed by atoms with Gasteiger partial charge in [0, 0.05) is 0 Å². The minimum absolute atomic E-state index is 0.109. The molecular weight excluding hydrogens is 256 g/mol. The lowest BCUT2D eigenvalue weighted by Gasteiger charge is -2.30. The van der Waals surface area contributed by atoms with Crippen LogP contribution in [-0.2, 0) is 15.7 Å². The molecule has 0 saturated carbocycles. The number of hydrogen-bond donors (Lipinski definition) is 1. The zero-order valence-corrected chi connectivity index (χ0v) is 14.2. The van der Waals surface area contributed by atoms with E-state index in [1.165, 1.54) is 0 Å². The van der Waals surface area contributed by atoms with Crippen LogP contribution in [0.3, 0.4) is 0 Å². The molecule has 0 aromatic heterocycles. The van der Waals surface area contributed by atoms with Crippen LogP contribution in [-0.4, -0.2) is 5.11 Å². The molecule has 1 nitrogen and oxygen atoms in total. The van der Waals surface area contributed by atoms with Crippen molar-refractivity contribution >= 4 is 11.6 Å². The van der Waals surface area contributed by atoms with Crippen LogP contribution in [0.15, 0.2) is 12.1 Å². The van der Waals surface area contributed by atoms with E-state index in [2.05, 4.69) is 41.5 Å². The quantitative estimate of drug-likeness (QED) is 0.678. The van der Waals surface area contributed by atoms with Crippen molar-refractivity contribution in [3.05, 3.63) is 28.8 Å². The summed E-state index contributed by atoms with van der Waals surface area (Å²) in [6, 6.07) is 4.08. The summed E-state index contributed by atoms with van der Waals surface area (Å²) in [4.78, 5) is -0.437. The summed E-state index contributed by atoms with van der Waals surface area (Å²) in [6.45, 7) is 16.6. The molecule has 108 valence electrons. The molecule has 0 unspecified atom stereocenters. The van der Waals surface area contributed by atoms with Crippen LogP contribution in [0.5, 0.6) is 5.75 Å². The maximum atomic E-state index is 10.6. The van der Waals surface area contributed by atoms with Crippen LogP contribution in [0, 0.1) is 0 Å². The maximum absolute atomic E-state index is 10.6. The third-order valence-corrected chi connectivity index (χ3v) is 3.63. The lowest BCUT2D eigenvalue weighted by molar-refractivity contribution is 0.422. The highest BCUT2D eigenvalue weighted by Crippen LogP contribution is 2.42. The fourth-order valence-corrected chi connectivity index (χ4v) is 2.23. The summed E-state index contributed by atoms with van der Waals surface area (Å²) < 4.78 is 0. The van der Waals surface area contributed by atoms with Gasteiger partial charge in [-0.25, -0.2) is 0 Å². The van der Waals surface area contributed by atoms with Gasteiger partial charge in [0.05, 0.1) is 4.87 Å². The van der Waals surface area contributed by atoms with E-state index in [1.54, 1.807) is 0 Å². The topological polar surface area (TPSA) is 20.2 Å². The normalized spacial score (nSPS) is 13.7. The Morgan fingerprint density at radius 1 is 0.789 bits per heavy atom. The molecule has 0 spiro atoms. The zero-order valence-electron chi connectivity index (χ0n) is 13.5. The second-order valence-corrected chi connectivity index (χ2v) is 8.84. The first-order valence-corrected chi connectivity index (χ1v) is 7.20. The van der Waals surface area contributed by atoms with E-state index in [9.17, 15) is 5.11 Å². The number of phenolic OH excluding ortho intramolecular Hbond substituents is 1. The van der Waals surface area contributed by atoms with Gasteiger partial charge in [0.2, 0.25) is 0 Å². The van der Waals surface area contributed by atoms with Crippen LogP contribution >= 0.6 is 11.6 Å². The van der Waals surface area contributed by atoms with Gasteiger partial charge in [-0.05, 0) is 53.5 Å². The number of alkyl halides is 1. The second-order valence-electron chi connectivity index (χ2n) is 7.89. The Hall–Kier alpha value is -0.690. The summed E-state index contributed by atoms with van der Waals surface area (Å²) in [6.07, 6.45) is 0. The van der Waals surface area contributed by atoms with Gasteiger partial charge < -0.3 is 5.11 Å². The first-order chi connectivity index (χ1) is 8.24. The monoisotopic (exact) mass is 282 g/mol. The molecule has 1 N–H and O–H groups in total. The minimum Gasteiger partial charge on any atom is -0.507 e. The Kier molecular flexibility index (Phi) is 4.05. The van der Waals surface area contributed by atoms with Gasteiger partial charge in [-0.1, -0.05) is 41.5 Å². The van der Waals surface area contributed by atoms with Crippen molar-refractivity contribution in [2.24, 2.45) is 0 Å². The highest BCUT2D eigenvalue weighted by Gasteiger charge is 2.29. The van der Waals surface area contributed by atoms with Gasteiger partial charge >= 0.3 is 0 Å². The molecule has 0 bridgehead atoms. The maximum Gasteiger partial charge on any atom is 0.123 e. The molecule has 0 radical (unpaired) electrons.